The van der Waals surface area contributed by atoms with Gasteiger partial charge in [-0.05, 0) is 61.4 Å². The molecule has 1 saturated heterocycles. The SMILES string of the molecule is N#Cc1ccc(COc2cccc(C3=CCC(Cc4nc5sc(C(=O)O)cc5n4C[C@@H]4CCO4)CC3)n2)c(F)c1. The highest BCUT2D eigenvalue weighted by Crippen LogP contribution is 2.34. The number of hydrogen-bond donors (Lipinski definition) is 1. The number of carbonyl (C=O) groups is 1. The summed E-state index contributed by atoms with van der Waals surface area (Å²) in [6, 6.07) is 13.6. The third-order valence-electron chi connectivity index (χ3n) is 7.52. The first-order valence-electron chi connectivity index (χ1n) is 13.3. The Morgan fingerprint density at radius 2 is 2.12 bits per heavy atom. The normalized spacial score (nSPS) is 18.6. The number of fused-ring (bicyclic) bond motifs is 1. The number of rotatable bonds is 9. The number of carboxylic acids is 1. The second-order valence-corrected chi connectivity index (χ2v) is 11.2. The van der Waals surface area contributed by atoms with Crippen LogP contribution in [0.1, 0.15) is 58.0 Å². The van der Waals surface area contributed by atoms with E-state index in [9.17, 15) is 14.3 Å². The zero-order valence-electron chi connectivity index (χ0n) is 21.7. The first kappa shape index (κ1) is 26.2. The van der Waals surface area contributed by atoms with Gasteiger partial charge in [-0.15, -0.1) is 11.3 Å². The molecule has 0 bridgehead atoms. The molecule has 4 aromatic rings. The second kappa shape index (κ2) is 11.2. The molecule has 0 saturated carbocycles. The van der Waals surface area contributed by atoms with Crippen molar-refractivity contribution in [2.24, 2.45) is 5.92 Å². The number of allylic oxidation sites excluding steroid dienone is 2. The molecule has 4 heterocycles. The van der Waals surface area contributed by atoms with E-state index in [1.807, 2.05) is 18.2 Å². The van der Waals surface area contributed by atoms with Crippen LogP contribution in [-0.4, -0.2) is 38.3 Å². The average Bonchev–Trinajstić information content (AvgIpc) is 3.49. The Labute approximate surface area is 234 Å². The second-order valence-electron chi connectivity index (χ2n) is 10.2. The van der Waals surface area contributed by atoms with Crippen LogP contribution in [0.15, 0.2) is 48.5 Å². The van der Waals surface area contributed by atoms with Gasteiger partial charge in [0.1, 0.15) is 28.0 Å². The van der Waals surface area contributed by atoms with Crippen molar-refractivity contribution < 1.29 is 23.8 Å². The van der Waals surface area contributed by atoms with E-state index in [2.05, 4.69) is 15.6 Å². The van der Waals surface area contributed by atoms with E-state index in [1.165, 1.54) is 17.4 Å². The van der Waals surface area contributed by atoms with Crippen molar-refractivity contribution in [3.63, 3.8) is 0 Å². The van der Waals surface area contributed by atoms with Gasteiger partial charge in [-0.2, -0.15) is 5.26 Å². The van der Waals surface area contributed by atoms with Gasteiger partial charge >= 0.3 is 5.97 Å². The molecule has 0 amide bonds. The lowest BCUT2D eigenvalue weighted by Gasteiger charge is -2.28. The standard InChI is InChI=1S/C30H27FN4O4S/c31-23-12-19(15-32)6-9-21(23)17-39-28-3-1-2-24(33-28)20-7-4-18(5-8-20)13-27-34-29-25(14-26(40-29)30(36)37)35(27)16-22-10-11-38-22/h1-3,6-7,9,12,14,18,22H,4-5,8,10-11,13,16-17H2,(H,36,37)/t18?,22-/m0/s1. The highest BCUT2D eigenvalue weighted by atomic mass is 32.1. The summed E-state index contributed by atoms with van der Waals surface area (Å²) in [6.45, 7) is 1.49. The van der Waals surface area contributed by atoms with Crippen LogP contribution in [0, 0.1) is 23.1 Å². The Morgan fingerprint density at radius 3 is 2.83 bits per heavy atom. The molecule has 1 fully saturated rings. The lowest BCUT2D eigenvalue weighted by atomic mass is 9.86. The summed E-state index contributed by atoms with van der Waals surface area (Å²) in [7, 11) is 0. The van der Waals surface area contributed by atoms with Gasteiger partial charge in [0.25, 0.3) is 0 Å². The first-order chi connectivity index (χ1) is 19.5. The van der Waals surface area contributed by atoms with Gasteiger partial charge in [0.05, 0.1) is 35.5 Å². The molecule has 0 radical (unpaired) electrons. The van der Waals surface area contributed by atoms with Crippen molar-refractivity contribution >= 4 is 33.2 Å². The first-order valence-corrected chi connectivity index (χ1v) is 14.1. The van der Waals surface area contributed by atoms with E-state index >= 15 is 0 Å². The zero-order chi connectivity index (χ0) is 27.6. The molecule has 1 N–H and O–H groups in total. The lowest BCUT2D eigenvalue weighted by molar-refractivity contribution is -0.0590. The number of imidazole rings is 1. The summed E-state index contributed by atoms with van der Waals surface area (Å²) in [6.07, 6.45) is 6.94. The predicted octanol–water partition coefficient (Wildman–Crippen LogP) is 6.00. The van der Waals surface area contributed by atoms with Crippen molar-refractivity contribution in [1.82, 2.24) is 14.5 Å². The molecule has 1 aliphatic carbocycles. The maximum Gasteiger partial charge on any atom is 0.346 e. The van der Waals surface area contributed by atoms with Gasteiger partial charge in [-0.3, -0.25) is 0 Å². The summed E-state index contributed by atoms with van der Waals surface area (Å²) in [4.78, 5) is 22.0. The van der Waals surface area contributed by atoms with E-state index in [1.54, 1.807) is 24.3 Å². The van der Waals surface area contributed by atoms with E-state index in [-0.39, 0.29) is 18.3 Å². The molecule has 3 aromatic heterocycles. The van der Waals surface area contributed by atoms with Crippen molar-refractivity contribution in [1.29, 1.82) is 5.26 Å². The van der Waals surface area contributed by atoms with Gasteiger partial charge in [-0.25, -0.2) is 19.2 Å². The molecule has 1 aliphatic heterocycles. The van der Waals surface area contributed by atoms with E-state index < -0.39 is 11.8 Å². The molecule has 40 heavy (non-hydrogen) atoms. The summed E-state index contributed by atoms with van der Waals surface area (Å²) >= 11 is 1.22. The average molecular weight is 559 g/mol. The van der Waals surface area contributed by atoms with Crippen molar-refractivity contribution in [3.05, 3.63) is 81.9 Å². The number of carboxylic acid groups (broad SMARTS) is 1. The van der Waals surface area contributed by atoms with Gasteiger partial charge in [0.15, 0.2) is 0 Å². The highest BCUT2D eigenvalue weighted by molar-refractivity contribution is 7.20. The van der Waals surface area contributed by atoms with Crippen LogP contribution in [0.5, 0.6) is 5.88 Å². The molecular weight excluding hydrogens is 531 g/mol. The number of aromatic carboxylic acids is 1. The predicted molar refractivity (Wildman–Crippen MR) is 148 cm³/mol. The van der Waals surface area contributed by atoms with Crippen molar-refractivity contribution in [2.45, 2.75) is 51.4 Å². The van der Waals surface area contributed by atoms with Gasteiger partial charge in [-0.1, -0.05) is 18.2 Å². The van der Waals surface area contributed by atoms with Crippen LogP contribution in [0.3, 0.4) is 0 Å². The summed E-state index contributed by atoms with van der Waals surface area (Å²) in [5, 5.41) is 18.3. The smallest absolute Gasteiger partial charge is 0.346 e. The molecule has 6 rings (SSSR count). The van der Waals surface area contributed by atoms with E-state index in [0.717, 1.165) is 66.1 Å². The minimum atomic E-state index is -0.926. The molecule has 0 spiro atoms. The van der Waals surface area contributed by atoms with Crippen molar-refractivity contribution in [3.8, 4) is 11.9 Å². The van der Waals surface area contributed by atoms with Gasteiger partial charge < -0.3 is 19.1 Å². The Balaban J connectivity index is 1.12. The Hall–Kier alpha value is -4.07. The number of pyridine rings is 1. The largest absolute Gasteiger partial charge is 0.477 e. The zero-order valence-corrected chi connectivity index (χ0v) is 22.5. The Morgan fingerprint density at radius 1 is 1.25 bits per heavy atom. The maximum absolute atomic E-state index is 14.2. The molecular formula is C30H27FN4O4S. The fourth-order valence-electron chi connectivity index (χ4n) is 5.18. The molecule has 1 unspecified atom stereocenters. The number of benzene rings is 1. The molecule has 10 heteroatoms. The number of halogens is 1. The third-order valence-corrected chi connectivity index (χ3v) is 8.52. The van der Waals surface area contributed by atoms with Crippen LogP contribution in [-0.2, 0) is 24.3 Å². The number of hydrogen-bond acceptors (Lipinski definition) is 7. The maximum atomic E-state index is 14.2. The fraction of sp³-hybridized carbons (Fsp3) is 0.333. The quantitative estimate of drug-likeness (QED) is 0.268. The molecule has 2 atom stereocenters. The lowest BCUT2D eigenvalue weighted by Crippen LogP contribution is -2.32. The number of aromatic nitrogens is 3. The van der Waals surface area contributed by atoms with Crippen LogP contribution >= 0.6 is 11.3 Å². The van der Waals surface area contributed by atoms with Crippen molar-refractivity contribution in [2.75, 3.05) is 6.61 Å². The fourth-order valence-corrected chi connectivity index (χ4v) is 6.07. The van der Waals surface area contributed by atoms with E-state index in [4.69, 9.17) is 19.7 Å². The third kappa shape index (κ3) is 5.48. The monoisotopic (exact) mass is 558 g/mol. The molecule has 8 nitrogen and oxygen atoms in total. The topological polar surface area (TPSA) is 110 Å². The number of thiophene rings is 1. The van der Waals surface area contributed by atoms with Gasteiger partial charge in [0, 0.05) is 24.7 Å². The van der Waals surface area contributed by atoms with Crippen LogP contribution < -0.4 is 4.74 Å². The summed E-state index contributed by atoms with van der Waals surface area (Å²) in [5.74, 6) is 0.424. The Bertz CT molecular complexity index is 1650. The summed E-state index contributed by atoms with van der Waals surface area (Å²) < 4.78 is 27.8. The minimum absolute atomic E-state index is 0.0269. The summed E-state index contributed by atoms with van der Waals surface area (Å²) in [5.41, 5.74) is 3.52. The number of ether oxygens (including phenoxy) is 2. The minimum Gasteiger partial charge on any atom is -0.477 e. The Kier molecular flexibility index (Phi) is 7.32. The highest BCUT2D eigenvalue weighted by Gasteiger charge is 2.26. The molecule has 1 aromatic carbocycles. The number of nitriles is 1. The van der Waals surface area contributed by atoms with Crippen LogP contribution in [0.25, 0.3) is 15.9 Å². The molecule has 204 valence electrons. The molecule has 2 aliphatic rings. The van der Waals surface area contributed by atoms with Gasteiger partial charge in [0.2, 0.25) is 5.88 Å². The van der Waals surface area contributed by atoms with Crippen LogP contribution in [0.2, 0.25) is 0 Å². The number of nitrogens with zero attached hydrogens (tertiary/aromatic N) is 4. The van der Waals surface area contributed by atoms with E-state index in [0.29, 0.717) is 28.8 Å². The van der Waals surface area contributed by atoms with Crippen LogP contribution in [0.4, 0.5) is 4.39 Å².